The van der Waals surface area contributed by atoms with Crippen molar-refractivity contribution in [1.82, 2.24) is 0 Å². The molecule has 0 fully saturated rings. The van der Waals surface area contributed by atoms with E-state index in [9.17, 15) is 4.79 Å². The maximum Gasteiger partial charge on any atom is 0.314 e. The molecule has 0 radical (unpaired) electrons. The van der Waals surface area contributed by atoms with Gasteiger partial charge in [0, 0.05) is 7.11 Å². The molecule has 0 aromatic rings. The minimum atomic E-state index is -0.578. The van der Waals surface area contributed by atoms with E-state index in [0.717, 1.165) is 0 Å². The molecule has 0 aliphatic carbocycles. The van der Waals surface area contributed by atoms with Crippen LogP contribution in [0.4, 0.5) is 0 Å². The molecule has 0 saturated carbocycles. The van der Waals surface area contributed by atoms with Gasteiger partial charge in [-0.2, -0.15) is 0 Å². The summed E-state index contributed by atoms with van der Waals surface area (Å²) in [6, 6.07) is 0. The zero-order chi connectivity index (χ0) is 10.5. The van der Waals surface area contributed by atoms with E-state index in [1.807, 2.05) is 13.8 Å². The van der Waals surface area contributed by atoms with Gasteiger partial charge >= 0.3 is 5.97 Å². The van der Waals surface area contributed by atoms with Crippen LogP contribution < -0.4 is 5.73 Å². The zero-order valence-corrected chi connectivity index (χ0v) is 8.92. The second-order valence-corrected chi connectivity index (χ2v) is 3.28. The minimum absolute atomic E-state index is 0.176. The number of ether oxygens (including phenoxy) is 2. The van der Waals surface area contributed by atoms with Crippen LogP contribution in [0.2, 0.25) is 0 Å². The quantitative estimate of drug-likeness (QED) is 0.612. The molecule has 0 rings (SSSR count). The van der Waals surface area contributed by atoms with Gasteiger partial charge in [-0.05, 0) is 13.3 Å². The Bertz CT molecular complexity index is 168. The molecule has 0 aromatic heterocycles. The van der Waals surface area contributed by atoms with Gasteiger partial charge < -0.3 is 15.2 Å². The van der Waals surface area contributed by atoms with Crippen LogP contribution in [0.25, 0.3) is 0 Å². The summed E-state index contributed by atoms with van der Waals surface area (Å²) in [7, 11) is 2.98. The summed E-state index contributed by atoms with van der Waals surface area (Å²) in [5, 5.41) is 0. The summed E-state index contributed by atoms with van der Waals surface area (Å²) in [5.74, 6) is -0.231. The van der Waals surface area contributed by atoms with Gasteiger partial charge in [-0.3, -0.25) is 4.79 Å². The monoisotopic (exact) mass is 190 g/mol. The molecule has 13 heavy (non-hydrogen) atoms. The fourth-order valence-electron chi connectivity index (χ4n) is 1.43. The lowest BCUT2D eigenvalue weighted by Crippen LogP contribution is -2.61. The smallest absolute Gasteiger partial charge is 0.314 e. The maximum atomic E-state index is 11.5. The summed E-state index contributed by atoms with van der Waals surface area (Å²) in [6.45, 7) is 4.35. The van der Waals surface area contributed by atoms with Gasteiger partial charge in [0.25, 0.3) is 0 Å². The predicted octanol–water partition coefficient (Wildman–Crippen LogP) is -0.167. The van der Waals surface area contributed by atoms with Gasteiger partial charge in [0.05, 0.1) is 12.5 Å². The molecular weight excluding hydrogens is 170 g/mol. The molecule has 0 spiro atoms. The fourth-order valence-corrected chi connectivity index (χ4v) is 1.43. The Morgan fingerprint density at radius 3 is 2.31 bits per heavy atom. The fraction of sp³-hybridized carbons (Fsp3) is 0.889. The number of esters is 1. The first-order valence-corrected chi connectivity index (χ1v) is 4.47. The van der Waals surface area contributed by atoms with Crippen LogP contribution in [0.3, 0.4) is 0 Å². The molecule has 3 N–H and O–H groups in total. The zero-order valence-electron chi connectivity index (χ0n) is 8.92. The second-order valence-electron chi connectivity index (χ2n) is 3.28. The molecule has 2 atom stereocenters. The topological polar surface area (TPSA) is 63.2 Å². The highest BCUT2D eigenvalue weighted by atomic mass is 16.5. The largest absolute Gasteiger partial charge is 0.469 e. The highest BCUT2D eigenvalue weighted by molar-refractivity contribution is 5.77. The highest BCUT2D eigenvalue weighted by Crippen LogP contribution is 2.28. The molecular formula is C9H20NO3+. The molecule has 78 valence electrons. The first-order chi connectivity index (χ1) is 6.06. The van der Waals surface area contributed by atoms with Gasteiger partial charge in [-0.1, -0.05) is 6.92 Å². The van der Waals surface area contributed by atoms with Crippen LogP contribution in [-0.4, -0.2) is 32.8 Å². The lowest BCUT2D eigenvalue weighted by atomic mass is 9.81. The Hall–Kier alpha value is -0.610. The molecule has 0 amide bonds. The number of methoxy groups -OCH3 is 2. The summed E-state index contributed by atoms with van der Waals surface area (Å²) in [6.07, 6.45) is 0.512. The molecule has 0 bridgehead atoms. The molecule has 4 nitrogen and oxygen atoms in total. The summed E-state index contributed by atoms with van der Waals surface area (Å²) >= 11 is 0. The summed E-state index contributed by atoms with van der Waals surface area (Å²) < 4.78 is 9.96. The van der Waals surface area contributed by atoms with Crippen molar-refractivity contribution in [3.63, 3.8) is 0 Å². The van der Waals surface area contributed by atoms with Crippen LogP contribution in [0.15, 0.2) is 0 Å². The number of carbonyl (C=O) groups is 1. The molecule has 2 unspecified atom stereocenters. The molecule has 4 heteroatoms. The number of hydrogen-bond acceptors (Lipinski definition) is 3. The van der Waals surface area contributed by atoms with Crippen LogP contribution in [0.1, 0.15) is 20.3 Å². The van der Waals surface area contributed by atoms with Crippen molar-refractivity contribution in [2.75, 3.05) is 20.8 Å². The Labute approximate surface area is 79.4 Å². The predicted molar refractivity (Wildman–Crippen MR) is 49.0 cm³/mol. The van der Waals surface area contributed by atoms with Crippen molar-refractivity contribution >= 4 is 5.97 Å². The van der Waals surface area contributed by atoms with Crippen molar-refractivity contribution in [2.24, 2.45) is 5.41 Å². The number of rotatable bonds is 5. The normalized spacial score (nSPS) is 17.6. The Morgan fingerprint density at radius 1 is 1.54 bits per heavy atom. The SMILES string of the molecule is CCC(C)(C(=O)OC)C(C[NH3+])OC. The Kier molecular flexibility index (Phi) is 4.95. The van der Waals surface area contributed by atoms with Crippen LogP contribution in [0, 0.1) is 5.41 Å². The van der Waals surface area contributed by atoms with E-state index in [0.29, 0.717) is 13.0 Å². The number of carbonyl (C=O) groups excluding carboxylic acids is 1. The summed E-state index contributed by atoms with van der Waals surface area (Å²) in [4.78, 5) is 11.5. The Balaban J connectivity index is 4.68. The second kappa shape index (κ2) is 5.19. The van der Waals surface area contributed by atoms with Crippen molar-refractivity contribution in [3.05, 3.63) is 0 Å². The Morgan fingerprint density at radius 2 is 2.08 bits per heavy atom. The van der Waals surface area contributed by atoms with Gasteiger partial charge in [-0.25, -0.2) is 0 Å². The van der Waals surface area contributed by atoms with E-state index in [4.69, 9.17) is 9.47 Å². The van der Waals surface area contributed by atoms with E-state index >= 15 is 0 Å². The average Bonchev–Trinajstić information content (AvgIpc) is 2.17. The third-order valence-corrected chi connectivity index (χ3v) is 2.64. The van der Waals surface area contributed by atoms with Crippen molar-refractivity contribution in [3.8, 4) is 0 Å². The molecule has 0 aliphatic rings. The third-order valence-electron chi connectivity index (χ3n) is 2.64. The van der Waals surface area contributed by atoms with Crippen LogP contribution >= 0.6 is 0 Å². The first-order valence-electron chi connectivity index (χ1n) is 4.47. The van der Waals surface area contributed by atoms with E-state index < -0.39 is 5.41 Å². The van der Waals surface area contributed by atoms with E-state index in [1.54, 1.807) is 7.11 Å². The molecule has 0 heterocycles. The third kappa shape index (κ3) is 2.42. The lowest BCUT2D eigenvalue weighted by Gasteiger charge is -2.30. The average molecular weight is 190 g/mol. The summed E-state index contributed by atoms with van der Waals surface area (Å²) in [5.41, 5.74) is 3.18. The van der Waals surface area contributed by atoms with Crippen LogP contribution in [-0.2, 0) is 14.3 Å². The van der Waals surface area contributed by atoms with E-state index in [1.165, 1.54) is 7.11 Å². The molecule has 0 aromatic carbocycles. The first kappa shape index (κ1) is 12.4. The number of quaternary nitrogens is 1. The number of hydrogen-bond donors (Lipinski definition) is 1. The molecule has 0 aliphatic heterocycles. The highest BCUT2D eigenvalue weighted by Gasteiger charge is 2.41. The van der Waals surface area contributed by atoms with Gasteiger partial charge in [-0.15, -0.1) is 0 Å². The van der Waals surface area contributed by atoms with Crippen molar-refractivity contribution in [2.45, 2.75) is 26.4 Å². The van der Waals surface area contributed by atoms with Crippen molar-refractivity contribution in [1.29, 1.82) is 0 Å². The lowest BCUT2D eigenvalue weighted by molar-refractivity contribution is -0.391. The maximum absolute atomic E-state index is 11.5. The van der Waals surface area contributed by atoms with Gasteiger partial charge in [0.1, 0.15) is 12.6 Å². The van der Waals surface area contributed by atoms with Crippen LogP contribution in [0.5, 0.6) is 0 Å². The van der Waals surface area contributed by atoms with Gasteiger partial charge in [0.2, 0.25) is 0 Å². The standard InChI is InChI=1S/C9H19NO3/c1-5-9(2,8(11)13-4)7(6-10)12-3/h7H,5-6,10H2,1-4H3/p+1. The van der Waals surface area contributed by atoms with E-state index in [-0.39, 0.29) is 12.1 Å². The van der Waals surface area contributed by atoms with E-state index in [2.05, 4.69) is 5.73 Å². The minimum Gasteiger partial charge on any atom is -0.469 e. The molecule has 0 saturated heterocycles. The van der Waals surface area contributed by atoms with Gasteiger partial charge in [0.15, 0.2) is 0 Å². The van der Waals surface area contributed by atoms with Crippen molar-refractivity contribution < 1.29 is 20.0 Å².